The zero-order chi connectivity index (χ0) is 22.0. The van der Waals surface area contributed by atoms with Crippen molar-refractivity contribution in [2.24, 2.45) is 0 Å². The summed E-state index contributed by atoms with van der Waals surface area (Å²) in [6.07, 6.45) is 0. The van der Waals surface area contributed by atoms with Crippen molar-refractivity contribution in [2.45, 2.75) is 0 Å². The Morgan fingerprint density at radius 2 is 1.87 bits per heavy atom. The van der Waals surface area contributed by atoms with Crippen molar-refractivity contribution in [1.82, 2.24) is 9.88 Å². The highest BCUT2D eigenvalue weighted by Crippen LogP contribution is 2.32. The van der Waals surface area contributed by atoms with Crippen molar-refractivity contribution in [3.63, 3.8) is 0 Å². The van der Waals surface area contributed by atoms with Crippen LogP contribution >= 0.6 is 11.3 Å². The predicted octanol–water partition coefficient (Wildman–Crippen LogP) is 3.62. The van der Waals surface area contributed by atoms with Gasteiger partial charge in [-0.05, 0) is 30.3 Å². The van der Waals surface area contributed by atoms with Gasteiger partial charge in [-0.25, -0.2) is 13.8 Å². The highest BCUT2D eigenvalue weighted by atomic mass is 32.1. The van der Waals surface area contributed by atoms with Crippen molar-refractivity contribution in [3.05, 3.63) is 53.6 Å². The zero-order valence-corrected chi connectivity index (χ0v) is 18.3. The number of morpholine rings is 1. The monoisotopic (exact) mass is 446 g/mol. The molecule has 164 valence electrons. The van der Waals surface area contributed by atoms with Gasteiger partial charge < -0.3 is 9.64 Å². The molecule has 31 heavy (non-hydrogen) atoms. The lowest BCUT2D eigenvalue weighted by Crippen LogP contribution is -2.43. The molecule has 6 nitrogen and oxygen atoms in total. The summed E-state index contributed by atoms with van der Waals surface area (Å²) in [4.78, 5) is 23.5. The van der Waals surface area contributed by atoms with Crippen molar-refractivity contribution >= 4 is 38.3 Å². The number of nitrogens with zero attached hydrogens (tertiary/aromatic N) is 4. The molecule has 0 N–H and O–H groups in total. The molecule has 1 aliphatic heterocycles. The number of fused-ring (bicyclic) bond motifs is 1. The van der Waals surface area contributed by atoms with Crippen molar-refractivity contribution in [3.8, 4) is 0 Å². The molecular formula is C22H24F2N4O2S. The second-order valence-corrected chi connectivity index (χ2v) is 8.59. The lowest BCUT2D eigenvalue weighted by molar-refractivity contribution is 0.0391. The van der Waals surface area contributed by atoms with Crippen LogP contribution in [0.1, 0.15) is 10.4 Å². The first kappa shape index (κ1) is 21.6. The quantitative estimate of drug-likeness (QED) is 0.579. The Hall–Kier alpha value is -2.62. The van der Waals surface area contributed by atoms with E-state index in [1.54, 1.807) is 17.0 Å². The molecule has 0 bridgehead atoms. The van der Waals surface area contributed by atoms with Crippen LogP contribution in [0.5, 0.6) is 0 Å². The number of amides is 1. The first-order valence-corrected chi connectivity index (χ1v) is 10.9. The Morgan fingerprint density at radius 1 is 1.16 bits per heavy atom. The van der Waals surface area contributed by atoms with Crippen LogP contribution in [0.25, 0.3) is 10.2 Å². The minimum absolute atomic E-state index is 0.0773. The topological polar surface area (TPSA) is 48.9 Å². The Kier molecular flexibility index (Phi) is 6.45. The number of anilines is 2. The molecule has 9 heteroatoms. The maximum atomic E-state index is 14.2. The summed E-state index contributed by atoms with van der Waals surface area (Å²) in [5.41, 5.74) is 1.57. The van der Waals surface area contributed by atoms with E-state index in [9.17, 15) is 13.6 Å². The molecule has 1 aliphatic rings. The zero-order valence-electron chi connectivity index (χ0n) is 17.5. The van der Waals surface area contributed by atoms with E-state index in [2.05, 4.69) is 9.88 Å². The number of rotatable bonds is 6. The van der Waals surface area contributed by atoms with Gasteiger partial charge in [0.2, 0.25) is 0 Å². The molecule has 2 heterocycles. The summed E-state index contributed by atoms with van der Waals surface area (Å²) >= 11 is 1.11. The molecule has 0 spiro atoms. The van der Waals surface area contributed by atoms with E-state index in [4.69, 9.17) is 4.74 Å². The fourth-order valence-electron chi connectivity index (χ4n) is 3.47. The van der Waals surface area contributed by atoms with Crippen molar-refractivity contribution < 1.29 is 18.3 Å². The van der Waals surface area contributed by atoms with Gasteiger partial charge >= 0.3 is 0 Å². The van der Waals surface area contributed by atoms with Gasteiger partial charge in [-0.3, -0.25) is 14.6 Å². The van der Waals surface area contributed by atoms with E-state index >= 15 is 0 Å². The average molecular weight is 447 g/mol. The van der Waals surface area contributed by atoms with Crippen LogP contribution in [-0.2, 0) is 4.74 Å². The highest BCUT2D eigenvalue weighted by molar-refractivity contribution is 7.22. The van der Waals surface area contributed by atoms with Crippen LogP contribution in [0.2, 0.25) is 0 Å². The Morgan fingerprint density at radius 3 is 2.55 bits per heavy atom. The van der Waals surface area contributed by atoms with Crippen LogP contribution in [0.4, 0.5) is 19.6 Å². The number of hydrogen-bond acceptors (Lipinski definition) is 6. The second kappa shape index (κ2) is 9.25. The molecule has 0 saturated carbocycles. The maximum Gasteiger partial charge on any atom is 0.260 e. The molecule has 0 radical (unpaired) electrons. The highest BCUT2D eigenvalue weighted by Gasteiger charge is 2.24. The summed E-state index contributed by atoms with van der Waals surface area (Å²) in [6, 6.07) is 9.35. The van der Waals surface area contributed by atoms with E-state index in [-0.39, 0.29) is 11.4 Å². The normalized spacial score (nSPS) is 14.7. The van der Waals surface area contributed by atoms with E-state index < -0.39 is 11.6 Å². The van der Waals surface area contributed by atoms with Crippen LogP contribution < -0.4 is 9.80 Å². The molecule has 0 aliphatic carbocycles. The molecule has 1 fully saturated rings. The first-order chi connectivity index (χ1) is 14.9. The van der Waals surface area contributed by atoms with Gasteiger partial charge in [-0.2, -0.15) is 0 Å². The lowest BCUT2D eigenvalue weighted by Gasteiger charge is -2.29. The van der Waals surface area contributed by atoms with Gasteiger partial charge in [0.1, 0.15) is 11.3 Å². The number of aromatic nitrogens is 1. The van der Waals surface area contributed by atoms with Gasteiger partial charge in [0, 0.05) is 57.6 Å². The third kappa shape index (κ3) is 4.84. The standard InChI is InChI=1S/C22H24F2N4O2S/c1-26(2)17-5-3-15(4-6-17)21(29)28(8-7-27-9-11-30-12-10-27)22-25-20-18(24)13-16(23)14-19(20)31-22/h3-6,13-14H,7-12H2,1-2H3. The summed E-state index contributed by atoms with van der Waals surface area (Å²) in [5.74, 6) is -1.61. The van der Waals surface area contributed by atoms with Gasteiger partial charge in [0.15, 0.2) is 10.9 Å². The van der Waals surface area contributed by atoms with Gasteiger partial charge in [0.05, 0.1) is 17.9 Å². The van der Waals surface area contributed by atoms with E-state index in [1.165, 1.54) is 6.07 Å². The van der Waals surface area contributed by atoms with Crippen LogP contribution in [-0.4, -0.2) is 69.3 Å². The molecule has 4 rings (SSSR count). The van der Waals surface area contributed by atoms with Gasteiger partial charge in [0.25, 0.3) is 5.91 Å². The molecule has 1 aromatic heterocycles. The van der Waals surface area contributed by atoms with Crippen molar-refractivity contribution in [2.75, 3.05) is 63.3 Å². The Bertz CT molecular complexity index is 1070. The molecule has 3 aromatic rings. The smallest absolute Gasteiger partial charge is 0.260 e. The average Bonchev–Trinajstić information content (AvgIpc) is 3.18. The fourth-order valence-corrected chi connectivity index (χ4v) is 4.50. The third-order valence-electron chi connectivity index (χ3n) is 5.25. The molecule has 1 amide bonds. The number of thiazole rings is 1. The van der Waals surface area contributed by atoms with Crippen LogP contribution in [0.3, 0.4) is 0 Å². The largest absolute Gasteiger partial charge is 0.379 e. The number of benzene rings is 2. The van der Waals surface area contributed by atoms with Gasteiger partial charge in [-0.15, -0.1) is 0 Å². The number of halogens is 2. The Labute approximate surface area is 183 Å². The number of ether oxygens (including phenoxy) is 1. The minimum Gasteiger partial charge on any atom is -0.379 e. The molecule has 2 aromatic carbocycles. The molecule has 0 unspecified atom stereocenters. The fraction of sp³-hybridized carbons (Fsp3) is 0.364. The summed E-state index contributed by atoms with van der Waals surface area (Å²) in [6.45, 7) is 3.92. The second-order valence-electron chi connectivity index (χ2n) is 7.58. The van der Waals surface area contributed by atoms with E-state index in [1.807, 2.05) is 31.1 Å². The number of carbonyl (C=O) groups excluding carboxylic acids is 1. The van der Waals surface area contributed by atoms with Gasteiger partial charge in [-0.1, -0.05) is 11.3 Å². The van der Waals surface area contributed by atoms with Crippen LogP contribution in [0.15, 0.2) is 36.4 Å². The maximum absolute atomic E-state index is 14.2. The third-order valence-corrected chi connectivity index (χ3v) is 6.28. The van der Waals surface area contributed by atoms with Crippen molar-refractivity contribution in [1.29, 1.82) is 0 Å². The Balaban J connectivity index is 1.65. The number of carbonyl (C=O) groups is 1. The molecule has 0 atom stereocenters. The number of hydrogen-bond donors (Lipinski definition) is 0. The molecule has 1 saturated heterocycles. The summed E-state index contributed by atoms with van der Waals surface area (Å²) in [7, 11) is 3.86. The first-order valence-electron chi connectivity index (χ1n) is 10.1. The summed E-state index contributed by atoms with van der Waals surface area (Å²) < 4.78 is 33.6. The lowest BCUT2D eigenvalue weighted by atomic mass is 10.1. The van der Waals surface area contributed by atoms with Crippen LogP contribution in [0, 0.1) is 11.6 Å². The summed E-state index contributed by atoms with van der Waals surface area (Å²) in [5, 5.41) is 0.356. The predicted molar refractivity (Wildman–Crippen MR) is 119 cm³/mol. The van der Waals surface area contributed by atoms with E-state index in [0.717, 1.165) is 36.2 Å². The minimum atomic E-state index is -0.728. The SMILES string of the molecule is CN(C)c1ccc(C(=O)N(CCN2CCOCC2)c2nc3c(F)cc(F)cc3s2)cc1. The molecular weight excluding hydrogens is 422 g/mol. The van der Waals surface area contributed by atoms with E-state index in [0.29, 0.717) is 41.7 Å².